The number of fused-ring (bicyclic) bond motifs is 5. The molecule has 4 fully saturated rings. The molecule has 4 aliphatic rings. The average molecular weight is 405 g/mol. The standard InChI is InChI=1S/C27H48O2/c1-17(2)7-6-8-18(3)20-11-12-21-19-9-10-23-25(29)24(28)14-16-27(23,5)22(19)13-15-26(20,21)4/h17-25,28-29H,6-16H2,1-5H3/t18-,19+,20-,21+,22+,23?,24?,25?,26-,27-/m1/s1. The van der Waals surface area contributed by atoms with E-state index in [2.05, 4.69) is 34.6 Å². The summed E-state index contributed by atoms with van der Waals surface area (Å²) < 4.78 is 0. The number of aliphatic hydroxyl groups is 2. The maximum Gasteiger partial charge on any atom is 0.0832 e. The minimum atomic E-state index is -0.486. The molecule has 4 aliphatic carbocycles. The van der Waals surface area contributed by atoms with E-state index in [1.165, 1.54) is 51.4 Å². The molecule has 2 heteroatoms. The third kappa shape index (κ3) is 3.63. The van der Waals surface area contributed by atoms with Crippen LogP contribution in [0.25, 0.3) is 0 Å². The van der Waals surface area contributed by atoms with Gasteiger partial charge in [0.05, 0.1) is 12.2 Å². The van der Waals surface area contributed by atoms with Gasteiger partial charge in [-0.2, -0.15) is 0 Å². The number of hydrogen-bond donors (Lipinski definition) is 2. The van der Waals surface area contributed by atoms with Crippen LogP contribution in [0.2, 0.25) is 0 Å². The first-order chi connectivity index (χ1) is 13.7. The lowest BCUT2D eigenvalue weighted by atomic mass is 9.44. The minimum absolute atomic E-state index is 0.254. The van der Waals surface area contributed by atoms with Crippen molar-refractivity contribution in [3.05, 3.63) is 0 Å². The Morgan fingerprint density at radius 3 is 2.14 bits per heavy atom. The summed E-state index contributed by atoms with van der Waals surface area (Å²) in [5.74, 6) is 5.50. The molecule has 4 rings (SSSR count). The van der Waals surface area contributed by atoms with Crippen molar-refractivity contribution >= 4 is 0 Å². The van der Waals surface area contributed by atoms with E-state index in [9.17, 15) is 10.2 Å². The Hall–Kier alpha value is -0.0800. The summed E-state index contributed by atoms with van der Waals surface area (Å²) in [6, 6.07) is 0. The van der Waals surface area contributed by atoms with Gasteiger partial charge in [0.15, 0.2) is 0 Å². The summed E-state index contributed by atoms with van der Waals surface area (Å²) in [7, 11) is 0. The van der Waals surface area contributed by atoms with Crippen molar-refractivity contribution in [3.8, 4) is 0 Å². The summed E-state index contributed by atoms with van der Waals surface area (Å²) in [5, 5.41) is 21.0. The Morgan fingerprint density at radius 1 is 0.759 bits per heavy atom. The molecule has 168 valence electrons. The molecule has 2 N–H and O–H groups in total. The Bertz CT molecular complexity index is 573. The maximum absolute atomic E-state index is 10.8. The zero-order chi connectivity index (χ0) is 21.0. The first kappa shape index (κ1) is 22.1. The monoisotopic (exact) mass is 404 g/mol. The van der Waals surface area contributed by atoms with Gasteiger partial charge in [0.25, 0.3) is 0 Å². The minimum Gasteiger partial charge on any atom is -0.390 e. The largest absolute Gasteiger partial charge is 0.390 e. The van der Waals surface area contributed by atoms with Crippen molar-refractivity contribution in [1.82, 2.24) is 0 Å². The van der Waals surface area contributed by atoms with E-state index < -0.39 is 12.2 Å². The lowest BCUT2D eigenvalue weighted by molar-refractivity contribution is -0.174. The fourth-order valence-electron chi connectivity index (χ4n) is 9.34. The van der Waals surface area contributed by atoms with Gasteiger partial charge in [-0.05, 0) is 104 Å². The molecule has 0 spiro atoms. The topological polar surface area (TPSA) is 40.5 Å². The zero-order valence-corrected chi connectivity index (χ0v) is 19.9. The molecule has 0 aliphatic heterocycles. The highest BCUT2D eigenvalue weighted by atomic mass is 16.3. The van der Waals surface area contributed by atoms with E-state index in [4.69, 9.17) is 0 Å². The Balaban J connectivity index is 1.48. The number of hydrogen-bond acceptors (Lipinski definition) is 2. The second-order valence-electron chi connectivity index (χ2n) is 12.7. The van der Waals surface area contributed by atoms with Crippen molar-refractivity contribution < 1.29 is 10.2 Å². The van der Waals surface area contributed by atoms with Crippen LogP contribution < -0.4 is 0 Å². The first-order valence-electron chi connectivity index (χ1n) is 13.0. The highest BCUT2D eigenvalue weighted by molar-refractivity contribution is 5.11. The zero-order valence-electron chi connectivity index (χ0n) is 19.9. The van der Waals surface area contributed by atoms with Crippen LogP contribution in [0.4, 0.5) is 0 Å². The third-order valence-corrected chi connectivity index (χ3v) is 10.9. The number of rotatable bonds is 5. The smallest absolute Gasteiger partial charge is 0.0832 e. The van der Waals surface area contributed by atoms with E-state index >= 15 is 0 Å². The van der Waals surface area contributed by atoms with Crippen LogP contribution in [0, 0.1) is 52.3 Å². The molecule has 0 radical (unpaired) electrons. The van der Waals surface area contributed by atoms with Crippen molar-refractivity contribution in [2.75, 3.05) is 0 Å². The summed E-state index contributed by atoms with van der Waals surface area (Å²) in [4.78, 5) is 0. The molecular formula is C27H48O2. The van der Waals surface area contributed by atoms with E-state index in [1.807, 2.05) is 0 Å². The number of aliphatic hydroxyl groups excluding tert-OH is 2. The molecule has 0 aromatic carbocycles. The van der Waals surface area contributed by atoms with Crippen LogP contribution in [0.15, 0.2) is 0 Å². The maximum atomic E-state index is 10.8. The second kappa shape index (κ2) is 8.12. The van der Waals surface area contributed by atoms with Gasteiger partial charge in [0.1, 0.15) is 0 Å². The van der Waals surface area contributed by atoms with Crippen molar-refractivity contribution in [1.29, 1.82) is 0 Å². The normalized spacial score (nSPS) is 50.7. The van der Waals surface area contributed by atoms with Gasteiger partial charge in [-0.1, -0.05) is 53.9 Å². The molecule has 29 heavy (non-hydrogen) atoms. The first-order valence-corrected chi connectivity index (χ1v) is 13.0. The summed E-state index contributed by atoms with van der Waals surface area (Å²) in [6.45, 7) is 12.4. The molecule has 0 aromatic rings. The molecule has 10 atom stereocenters. The van der Waals surface area contributed by atoms with Gasteiger partial charge >= 0.3 is 0 Å². The van der Waals surface area contributed by atoms with Gasteiger partial charge < -0.3 is 10.2 Å². The van der Waals surface area contributed by atoms with Crippen LogP contribution in [-0.4, -0.2) is 22.4 Å². The fraction of sp³-hybridized carbons (Fsp3) is 1.00. The van der Waals surface area contributed by atoms with Gasteiger partial charge in [-0.3, -0.25) is 0 Å². The van der Waals surface area contributed by atoms with Gasteiger partial charge in [-0.15, -0.1) is 0 Å². The lowest BCUT2D eigenvalue weighted by Gasteiger charge is -2.62. The van der Waals surface area contributed by atoms with Crippen LogP contribution in [0.5, 0.6) is 0 Å². The van der Waals surface area contributed by atoms with E-state index in [0.717, 1.165) is 54.8 Å². The van der Waals surface area contributed by atoms with E-state index in [-0.39, 0.29) is 5.41 Å². The third-order valence-electron chi connectivity index (χ3n) is 10.9. The average Bonchev–Trinajstić information content (AvgIpc) is 3.02. The Labute approximate surface area is 180 Å². The lowest BCUT2D eigenvalue weighted by Crippen LogP contribution is -2.58. The molecule has 0 saturated heterocycles. The van der Waals surface area contributed by atoms with Gasteiger partial charge in [0, 0.05) is 0 Å². The molecule has 0 bridgehead atoms. The summed E-state index contributed by atoms with van der Waals surface area (Å²) in [5.41, 5.74) is 0.804. The fourth-order valence-corrected chi connectivity index (χ4v) is 9.34. The van der Waals surface area contributed by atoms with Crippen LogP contribution in [0.1, 0.15) is 105 Å². The molecule has 4 saturated carbocycles. The predicted molar refractivity (Wildman–Crippen MR) is 120 cm³/mol. The predicted octanol–water partition coefficient (Wildman–Crippen LogP) is 6.44. The quantitative estimate of drug-likeness (QED) is 0.553. The van der Waals surface area contributed by atoms with Crippen LogP contribution in [0.3, 0.4) is 0 Å². The SMILES string of the molecule is CC(C)CCC[C@@H](C)[C@H]1CC[C@H]2[C@@H]3CCC4C(O)C(O)CC[C@]4(C)[C@H]3CC[C@]12C. The molecular weight excluding hydrogens is 356 g/mol. The van der Waals surface area contributed by atoms with Crippen molar-refractivity contribution in [2.45, 2.75) is 117 Å². The van der Waals surface area contributed by atoms with E-state index in [0.29, 0.717) is 11.3 Å². The summed E-state index contributed by atoms with van der Waals surface area (Å²) >= 11 is 0. The van der Waals surface area contributed by atoms with Crippen LogP contribution in [-0.2, 0) is 0 Å². The Kier molecular flexibility index (Phi) is 6.19. The second-order valence-corrected chi connectivity index (χ2v) is 12.7. The molecule has 0 heterocycles. The molecule has 3 unspecified atom stereocenters. The molecule has 0 aromatic heterocycles. The van der Waals surface area contributed by atoms with Crippen molar-refractivity contribution in [2.24, 2.45) is 52.3 Å². The molecule has 2 nitrogen and oxygen atoms in total. The van der Waals surface area contributed by atoms with Crippen molar-refractivity contribution in [3.63, 3.8) is 0 Å². The van der Waals surface area contributed by atoms with Crippen LogP contribution >= 0.6 is 0 Å². The van der Waals surface area contributed by atoms with Gasteiger partial charge in [-0.25, -0.2) is 0 Å². The van der Waals surface area contributed by atoms with E-state index in [1.54, 1.807) is 0 Å². The van der Waals surface area contributed by atoms with Gasteiger partial charge in [0.2, 0.25) is 0 Å². The molecule has 0 amide bonds. The summed E-state index contributed by atoms with van der Waals surface area (Å²) in [6.07, 6.45) is 13.3. The highest BCUT2D eigenvalue weighted by Crippen LogP contribution is 2.68. The Morgan fingerprint density at radius 2 is 1.41 bits per heavy atom. The highest BCUT2D eigenvalue weighted by Gasteiger charge is 2.61.